The van der Waals surface area contributed by atoms with E-state index in [4.69, 9.17) is 14.2 Å². The second kappa shape index (κ2) is 9.55. The molecule has 0 aliphatic rings. The minimum Gasteiger partial charge on any atom is -0.497 e. The summed E-state index contributed by atoms with van der Waals surface area (Å²) in [5.41, 5.74) is 0.602. The van der Waals surface area contributed by atoms with Crippen LogP contribution in [-0.4, -0.2) is 37.8 Å². The van der Waals surface area contributed by atoms with Crippen molar-refractivity contribution in [3.63, 3.8) is 0 Å². The largest absolute Gasteiger partial charge is 0.497 e. The summed E-state index contributed by atoms with van der Waals surface area (Å²) < 4.78 is 55.6. The molecule has 1 N–H and O–H groups in total. The van der Waals surface area contributed by atoms with Crippen LogP contribution in [0.1, 0.15) is 11.3 Å². The van der Waals surface area contributed by atoms with Crippen LogP contribution in [0.4, 0.5) is 19.1 Å². The highest BCUT2D eigenvalue weighted by Crippen LogP contribution is 2.32. The van der Waals surface area contributed by atoms with Crippen molar-refractivity contribution in [2.24, 2.45) is 0 Å². The van der Waals surface area contributed by atoms with E-state index in [1.54, 1.807) is 37.4 Å². The van der Waals surface area contributed by atoms with E-state index in [0.717, 1.165) is 11.6 Å². The van der Waals surface area contributed by atoms with Gasteiger partial charge in [-0.2, -0.15) is 13.2 Å². The van der Waals surface area contributed by atoms with Crippen molar-refractivity contribution in [3.8, 4) is 28.5 Å². The predicted octanol–water partition coefficient (Wildman–Crippen LogP) is 4.84. The molecule has 0 amide bonds. The Morgan fingerprint density at radius 3 is 2.16 bits per heavy atom. The minimum absolute atomic E-state index is 0.0962. The number of hydrogen-bond donors (Lipinski definition) is 1. The molecular weight excluding hydrogens is 411 g/mol. The molecule has 1 aromatic heterocycles. The molecule has 31 heavy (non-hydrogen) atoms. The van der Waals surface area contributed by atoms with Gasteiger partial charge in [0.15, 0.2) is 17.2 Å². The second-order valence-electron chi connectivity index (χ2n) is 6.55. The Kier molecular flexibility index (Phi) is 6.84. The molecule has 0 saturated carbocycles. The number of anilines is 1. The maximum absolute atomic E-state index is 13.4. The number of alkyl halides is 3. The summed E-state index contributed by atoms with van der Waals surface area (Å²) in [7, 11) is 4.60. The van der Waals surface area contributed by atoms with Gasteiger partial charge in [-0.25, -0.2) is 9.97 Å². The lowest BCUT2D eigenvalue weighted by Crippen LogP contribution is -2.14. The second-order valence-corrected chi connectivity index (χ2v) is 6.55. The summed E-state index contributed by atoms with van der Waals surface area (Å²) >= 11 is 0. The lowest BCUT2D eigenvalue weighted by atomic mass is 10.1. The van der Waals surface area contributed by atoms with E-state index in [-0.39, 0.29) is 11.6 Å². The summed E-state index contributed by atoms with van der Waals surface area (Å²) in [5, 5.41) is 2.89. The molecule has 9 heteroatoms. The molecule has 0 bridgehead atoms. The zero-order valence-electron chi connectivity index (χ0n) is 17.3. The third kappa shape index (κ3) is 5.56. The topological polar surface area (TPSA) is 65.5 Å². The smallest absolute Gasteiger partial charge is 0.433 e. The van der Waals surface area contributed by atoms with Gasteiger partial charge in [-0.15, -0.1) is 0 Å². The molecule has 0 fully saturated rings. The van der Waals surface area contributed by atoms with E-state index < -0.39 is 11.9 Å². The molecule has 2 aromatic carbocycles. The van der Waals surface area contributed by atoms with Crippen molar-refractivity contribution in [2.75, 3.05) is 33.2 Å². The molecule has 6 nitrogen and oxygen atoms in total. The maximum atomic E-state index is 13.4. The molecule has 1 heterocycles. The Hall–Kier alpha value is -3.49. The molecule has 3 rings (SSSR count). The fourth-order valence-electron chi connectivity index (χ4n) is 2.94. The van der Waals surface area contributed by atoms with Crippen LogP contribution in [-0.2, 0) is 12.6 Å². The SMILES string of the molecule is COc1ccc(-c2cc(C(F)(F)F)nc(NCCc3ccc(OC)c(OC)c3)n2)cc1. The third-order valence-corrected chi connectivity index (χ3v) is 4.55. The number of rotatable bonds is 8. The van der Waals surface area contributed by atoms with E-state index in [1.807, 2.05) is 12.1 Å². The Balaban J connectivity index is 1.80. The van der Waals surface area contributed by atoms with Crippen LogP contribution in [0.15, 0.2) is 48.5 Å². The molecular formula is C22H22F3N3O3. The number of benzene rings is 2. The molecule has 164 valence electrons. The van der Waals surface area contributed by atoms with Crippen LogP contribution in [0.2, 0.25) is 0 Å². The predicted molar refractivity (Wildman–Crippen MR) is 111 cm³/mol. The quantitative estimate of drug-likeness (QED) is 0.548. The molecule has 3 aromatic rings. The molecule has 0 unspecified atom stereocenters. The highest BCUT2D eigenvalue weighted by atomic mass is 19.4. The van der Waals surface area contributed by atoms with Gasteiger partial charge in [-0.05, 0) is 54.4 Å². The summed E-state index contributed by atoms with van der Waals surface area (Å²) in [6.07, 6.45) is -4.07. The van der Waals surface area contributed by atoms with Gasteiger partial charge in [-0.3, -0.25) is 0 Å². The van der Waals surface area contributed by atoms with Crippen LogP contribution < -0.4 is 19.5 Å². The molecule has 0 spiro atoms. The van der Waals surface area contributed by atoms with E-state index in [9.17, 15) is 13.2 Å². The summed E-state index contributed by atoms with van der Waals surface area (Å²) in [6.45, 7) is 0.332. The van der Waals surface area contributed by atoms with Crippen molar-refractivity contribution < 1.29 is 27.4 Å². The van der Waals surface area contributed by atoms with Gasteiger partial charge in [0.1, 0.15) is 5.75 Å². The van der Waals surface area contributed by atoms with Crippen LogP contribution in [0.3, 0.4) is 0 Å². The fraction of sp³-hybridized carbons (Fsp3) is 0.273. The first-order valence-electron chi connectivity index (χ1n) is 9.39. The molecule has 0 saturated heterocycles. The molecule has 0 aliphatic heterocycles. The van der Waals surface area contributed by atoms with Gasteiger partial charge in [0.05, 0.1) is 27.0 Å². The minimum atomic E-state index is -4.59. The maximum Gasteiger partial charge on any atom is 0.433 e. The first-order chi connectivity index (χ1) is 14.8. The lowest BCUT2D eigenvalue weighted by molar-refractivity contribution is -0.141. The third-order valence-electron chi connectivity index (χ3n) is 4.55. The Morgan fingerprint density at radius 2 is 1.55 bits per heavy atom. The summed E-state index contributed by atoms with van der Waals surface area (Å²) in [5.74, 6) is 1.69. The molecule has 0 radical (unpaired) electrons. The molecule has 0 aliphatic carbocycles. The summed E-state index contributed by atoms with van der Waals surface area (Å²) in [4.78, 5) is 7.90. The standard InChI is InChI=1S/C22H22F3N3O3/c1-29-16-7-5-15(6-8-16)17-13-20(22(23,24)25)28-21(27-17)26-11-10-14-4-9-18(30-2)19(12-14)31-3/h4-9,12-13H,10-11H2,1-3H3,(H,26,27,28). The highest BCUT2D eigenvalue weighted by molar-refractivity contribution is 5.62. The number of nitrogens with one attached hydrogen (secondary N) is 1. The van der Waals surface area contributed by atoms with E-state index in [2.05, 4.69) is 15.3 Å². The number of hydrogen-bond acceptors (Lipinski definition) is 6. The normalized spacial score (nSPS) is 11.2. The Bertz CT molecular complexity index is 1020. The zero-order valence-corrected chi connectivity index (χ0v) is 17.3. The van der Waals surface area contributed by atoms with Gasteiger partial charge >= 0.3 is 6.18 Å². The number of ether oxygens (including phenoxy) is 3. The number of aromatic nitrogens is 2. The highest BCUT2D eigenvalue weighted by Gasteiger charge is 2.33. The Morgan fingerprint density at radius 1 is 0.839 bits per heavy atom. The van der Waals surface area contributed by atoms with Crippen molar-refractivity contribution >= 4 is 5.95 Å². The van der Waals surface area contributed by atoms with Crippen molar-refractivity contribution in [3.05, 3.63) is 59.8 Å². The van der Waals surface area contributed by atoms with E-state index in [0.29, 0.717) is 35.8 Å². The zero-order chi connectivity index (χ0) is 22.4. The van der Waals surface area contributed by atoms with Crippen molar-refractivity contribution in [1.29, 1.82) is 0 Å². The Labute approximate surface area is 178 Å². The van der Waals surface area contributed by atoms with Gasteiger partial charge in [-0.1, -0.05) is 6.07 Å². The van der Waals surface area contributed by atoms with Crippen molar-refractivity contribution in [2.45, 2.75) is 12.6 Å². The first-order valence-corrected chi connectivity index (χ1v) is 9.39. The number of nitrogens with zero attached hydrogens (tertiary/aromatic N) is 2. The van der Waals surface area contributed by atoms with Crippen LogP contribution in [0.25, 0.3) is 11.3 Å². The van der Waals surface area contributed by atoms with E-state index >= 15 is 0 Å². The summed E-state index contributed by atoms with van der Waals surface area (Å²) in [6, 6.07) is 13.0. The number of methoxy groups -OCH3 is 3. The lowest BCUT2D eigenvalue weighted by Gasteiger charge is -2.13. The first kappa shape index (κ1) is 22.2. The van der Waals surface area contributed by atoms with Crippen LogP contribution >= 0.6 is 0 Å². The van der Waals surface area contributed by atoms with Crippen LogP contribution in [0, 0.1) is 0 Å². The monoisotopic (exact) mass is 433 g/mol. The van der Waals surface area contributed by atoms with Gasteiger partial charge in [0.2, 0.25) is 5.95 Å². The van der Waals surface area contributed by atoms with Gasteiger partial charge < -0.3 is 19.5 Å². The van der Waals surface area contributed by atoms with Crippen molar-refractivity contribution in [1.82, 2.24) is 9.97 Å². The fourth-order valence-corrected chi connectivity index (χ4v) is 2.94. The van der Waals surface area contributed by atoms with Crippen LogP contribution in [0.5, 0.6) is 17.2 Å². The molecule has 0 atom stereocenters. The number of halogens is 3. The average molecular weight is 433 g/mol. The average Bonchev–Trinajstić information content (AvgIpc) is 2.78. The van der Waals surface area contributed by atoms with E-state index in [1.165, 1.54) is 14.2 Å². The van der Waals surface area contributed by atoms with Gasteiger partial charge in [0, 0.05) is 12.1 Å². The van der Waals surface area contributed by atoms with Gasteiger partial charge in [0.25, 0.3) is 0 Å².